The first-order valence-electron chi connectivity index (χ1n) is 8.00. The van der Waals surface area contributed by atoms with Crippen molar-refractivity contribution in [2.24, 2.45) is 0 Å². The summed E-state index contributed by atoms with van der Waals surface area (Å²) in [6, 6.07) is 6.31. The second kappa shape index (κ2) is 5.73. The van der Waals surface area contributed by atoms with Crippen LogP contribution in [-0.2, 0) is 4.74 Å². The number of nitriles is 1. The zero-order valence-corrected chi connectivity index (χ0v) is 13.8. The van der Waals surface area contributed by atoms with Crippen LogP contribution in [0, 0.1) is 11.3 Å². The summed E-state index contributed by atoms with van der Waals surface area (Å²) < 4.78 is 5.49. The molecule has 2 aliphatic rings. The van der Waals surface area contributed by atoms with E-state index >= 15 is 0 Å². The second-order valence-electron chi connectivity index (χ2n) is 7.19. The number of fused-ring (bicyclic) bond motifs is 2. The average molecular weight is 314 g/mol. The Morgan fingerprint density at radius 1 is 1.30 bits per heavy atom. The Bertz CT molecular complexity index is 615. The molecule has 2 atom stereocenters. The van der Waals surface area contributed by atoms with Gasteiger partial charge in [0, 0.05) is 25.2 Å². The lowest BCUT2D eigenvalue weighted by Crippen LogP contribution is -2.56. The van der Waals surface area contributed by atoms with Crippen LogP contribution in [0.15, 0.2) is 18.3 Å². The van der Waals surface area contributed by atoms with Gasteiger partial charge in [0.2, 0.25) is 0 Å². The maximum atomic E-state index is 12.3. The molecule has 3 rings (SSSR count). The molecular weight excluding hydrogens is 292 g/mol. The van der Waals surface area contributed by atoms with Gasteiger partial charge in [-0.25, -0.2) is 9.78 Å². The number of nitrogens with zero attached hydrogens (tertiary/aromatic N) is 4. The number of ether oxygens (including phenoxy) is 1. The van der Waals surface area contributed by atoms with Gasteiger partial charge in [-0.2, -0.15) is 5.26 Å². The van der Waals surface area contributed by atoms with Crippen LogP contribution < -0.4 is 4.90 Å². The highest BCUT2D eigenvalue weighted by Gasteiger charge is 2.42. The highest BCUT2D eigenvalue weighted by Crippen LogP contribution is 2.35. The first kappa shape index (κ1) is 15.6. The molecule has 0 aliphatic carbocycles. The zero-order valence-electron chi connectivity index (χ0n) is 13.8. The Labute approximate surface area is 136 Å². The summed E-state index contributed by atoms with van der Waals surface area (Å²) in [5.41, 5.74) is 0.985. The van der Waals surface area contributed by atoms with Crippen molar-refractivity contribution in [2.45, 2.75) is 51.3 Å². The number of aromatic nitrogens is 1. The van der Waals surface area contributed by atoms with Crippen LogP contribution in [-0.4, -0.2) is 46.8 Å². The Balaban J connectivity index is 1.72. The molecule has 2 unspecified atom stereocenters. The number of piperazine rings is 1. The second-order valence-corrected chi connectivity index (χ2v) is 7.19. The minimum absolute atomic E-state index is 0.230. The average Bonchev–Trinajstić information content (AvgIpc) is 2.75. The van der Waals surface area contributed by atoms with Gasteiger partial charge >= 0.3 is 6.09 Å². The van der Waals surface area contributed by atoms with E-state index in [-0.39, 0.29) is 18.2 Å². The molecule has 1 aromatic rings. The van der Waals surface area contributed by atoms with E-state index in [1.54, 1.807) is 12.3 Å². The Kier molecular flexibility index (Phi) is 3.88. The monoisotopic (exact) mass is 314 g/mol. The molecule has 2 saturated heterocycles. The summed E-state index contributed by atoms with van der Waals surface area (Å²) >= 11 is 0. The number of rotatable bonds is 1. The summed E-state index contributed by atoms with van der Waals surface area (Å²) in [6.07, 6.45) is 3.65. The maximum absolute atomic E-state index is 12.3. The lowest BCUT2D eigenvalue weighted by molar-refractivity contribution is 0.0209. The summed E-state index contributed by atoms with van der Waals surface area (Å²) in [4.78, 5) is 20.6. The molecule has 2 aliphatic heterocycles. The molecule has 0 spiro atoms. The molecule has 2 bridgehead atoms. The van der Waals surface area contributed by atoms with Gasteiger partial charge in [-0.05, 0) is 45.7 Å². The fraction of sp³-hybridized carbons (Fsp3) is 0.588. The summed E-state index contributed by atoms with van der Waals surface area (Å²) in [6.45, 7) is 7.01. The number of carbonyl (C=O) groups is 1. The lowest BCUT2D eigenvalue weighted by Gasteiger charge is -2.42. The van der Waals surface area contributed by atoms with Crippen molar-refractivity contribution in [3.8, 4) is 6.07 Å². The molecule has 1 aromatic heterocycles. The van der Waals surface area contributed by atoms with Crippen molar-refractivity contribution in [1.29, 1.82) is 5.26 Å². The van der Waals surface area contributed by atoms with E-state index in [9.17, 15) is 4.79 Å². The van der Waals surface area contributed by atoms with Crippen molar-refractivity contribution in [3.05, 3.63) is 24.0 Å². The maximum Gasteiger partial charge on any atom is 0.410 e. The predicted octanol–water partition coefficient (Wildman–Crippen LogP) is 2.54. The van der Waals surface area contributed by atoms with E-state index in [1.165, 1.54) is 0 Å². The molecule has 0 N–H and O–H groups in total. The van der Waals surface area contributed by atoms with Crippen molar-refractivity contribution in [3.63, 3.8) is 0 Å². The quantitative estimate of drug-likeness (QED) is 0.796. The van der Waals surface area contributed by atoms with Gasteiger partial charge in [-0.3, -0.25) is 0 Å². The van der Waals surface area contributed by atoms with E-state index < -0.39 is 5.60 Å². The van der Waals surface area contributed by atoms with Crippen LogP contribution in [0.3, 0.4) is 0 Å². The highest BCUT2D eigenvalue weighted by atomic mass is 16.6. The fourth-order valence-electron chi connectivity index (χ4n) is 3.41. The van der Waals surface area contributed by atoms with Crippen molar-refractivity contribution >= 4 is 11.8 Å². The largest absolute Gasteiger partial charge is 0.444 e. The van der Waals surface area contributed by atoms with Gasteiger partial charge in [0.1, 0.15) is 17.4 Å². The Morgan fingerprint density at radius 3 is 2.43 bits per heavy atom. The van der Waals surface area contributed by atoms with Crippen LogP contribution in [0.4, 0.5) is 10.5 Å². The van der Waals surface area contributed by atoms with E-state index in [4.69, 9.17) is 10.00 Å². The third-order valence-electron chi connectivity index (χ3n) is 4.29. The lowest BCUT2D eigenvalue weighted by atomic mass is 10.1. The molecule has 0 radical (unpaired) electrons. The number of anilines is 1. The first-order chi connectivity index (χ1) is 10.9. The van der Waals surface area contributed by atoms with Crippen molar-refractivity contribution in [2.75, 3.05) is 18.0 Å². The Morgan fingerprint density at radius 2 is 1.96 bits per heavy atom. The summed E-state index contributed by atoms with van der Waals surface area (Å²) in [7, 11) is 0. The van der Waals surface area contributed by atoms with E-state index in [1.807, 2.05) is 37.8 Å². The first-order valence-corrected chi connectivity index (χ1v) is 8.00. The number of hydrogen-bond donors (Lipinski definition) is 0. The van der Waals surface area contributed by atoms with E-state index in [2.05, 4.69) is 9.88 Å². The minimum Gasteiger partial charge on any atom is -0.444 e. The number of carbonyl (C=O) groups excluding carboxylic acids is 1. The van der Waals surface area contributed by atoms with Gasteiger partial charge in [0.25, 0.3) is 0 Å². The molecule has 23 heavy (non-hydrogen) atoms. The van der Waals surface area contributed by atoms with Crippen LogP contribution in [0.25, 0.3) is 0 Å². The molecule has 0 aromatic carbocycles. The smallest absolute Gasteiger partial charge is 0.410 e. The molecule has 122 valence electrons. The fourth-order valence-corrected chi connectivity index (χ4v) is 3.41. The zero-order chi connectivity index (χ0) is 16.6. The molecule has 0 saturated carbocycles. The van der Waals surface area contributed by atoms with Crippen LogP contribution in [0.1, 0.15) is 39.3 Å². The molecule has 1 amide bonds. The van der Waals surface area contributed by atoms with Crippen LogP contribution >= 0.6 is 0 Å². The SMILES string of the molecule is CC(C)(C)OC(=O)N1CC2CCC(C1)N2c1ccc(C#N)nc1. The van der Waals surface area contributed by atoms with Gasteiger partial charge < -0.3 is 14.5 Å². The molecular formula is C17H22N4O2. The molecule has 2 fully saturated rings. The molecule has 6 nitrogen and oxygen atoms in total. The standard InChI is InChI=1S/C17H22N4O2/c1-17(2,3)23-16(22)20-10-14-6-7-15(11-20)21(14)13-5-4-12(8-18)19-9-13/h4-5,9,14-15H,6-7,10-11H2,1-3H3. The Hall–Kier alpha value is -2.29. The van der Waals surface area contributed by atoms with Gasteiger partial charge in [-0.15, -0.1) is 0 Å². The topological polar surface area (TPSA) is 69.5 Å². The van der Waals surface area contributed by atoms with E-state index in [0.717, 1.165) is 18.5 Å². The van der Waals surface area contributed by atoms with Crippen molar-refractivity contribution < 1.29 is 9.53 Å². The third-order valence-corrected chi connectivity index (χ3v) is 4.29. The molecule has 6 heteroatoms. The minimum atomic E-state index is -0.468. The number of pyridine rings is 1. The third kappa shape index (κ3) is 3.24. The van der Waals surface area contributed by atoms with Crippen LogP contribution in [0.2, 0.25) is 0 Å². The normalized spacial score (nSPS) is 23.6. The molecule has 3 heterocycles. The van der Waals surface area contributed by atoms with Gasteiger partial charge in [-0.1, -0.05) is 0 Å². The predicted molar refractivity (Wildman–Crippen MR) is 86.0 cm³/mol. The van der Waals surface area contributed by atoms with Crippen LogP contribution in [0.5, 0.6) is 0 Å². The van der Waals surface area contributed by atoms with E-state index in [0.29, 0.717) is 18.8 Å². The summed E-state index contributed by atoms with van der Waals surface area (Å²) in [5.74, 6) is 0. The number of likely N-dealkylation sites (tertiary alicyclic amines) is 1. The van der Waals surface area contributed by atoms with Gasteiger partial charge in [0.05, 0.1) is 11.9 Å². The summed E-state index contributed by atoms with van der Waals surface area (Å²) in [5, 5.41) is 8.86. The van der Waals surface area contributed by atoms with Crippen molar-refractivity contribution in [1.82, 2.24) is 9.88 Å². The van der Waals surface area contributed by atoms with Gasteiger partial charge in [0.15, 0.2) is 0 Å². The number of amides is 1. The highest BCUT2D eigenvalue weighted by molar-refractivity contribution is 5.69. The number of hydrogen-bond acceptors (Lipinski definition) is 5.